The largest absolute Gasteiger partial charge is 0.513 e. The molecule has 0 aliphatic heterocycles. The van der Waals surface area contributed by atoms with Gasteiger partial charge in [-0.15, -0.1) is 0 Å². The van der Waals surface area contributed by atoms with Crippen molar-refractivity contribution in [3.05, 3.63) is 0 Å². The summed E-state index contributed by atoms with van der Waals surface area (Å²) in [4.78, 5) is 40.1. The summed E-state index contributed by atoms with van der Waals surface area (Å²) in [7, 11) is 0. The van der Waals surface area contributed by atoms with E-state index in [1.165, 1.54) is 64.2 Å². The van der Waals surface area contributed by atoms with Gasteiger partial charge in [0.05, 0.1) is 0 Å². The standard InChI is InChI=1S/C45H86O7/c1-9-42(7,33-29-31-39(3)4)49-51-44(35-25-21-17-13-11-14-18-22-26-36-44)47-41(46)48-45(37-27-23-19-15-12-16-20-24-28-38-45)52-50-43(8,10-2)34-30-32-40(5)6/h39-40H,9-38H2,1-8H3. The van der Waals surface area contributed by atoms with Crippen LogP contribution in [0.2, 0.25) is 0 Å². The van der Waals surface area contributed by atoms with Crippen LogP contribution in [0.15, 0.2) is 0 Å². The van der Waals surface area contributed by atoms with Crippen molar-refractivity contribution in [2.45, 2.75) is 271 Å². The lowest BCUT2D eigenvalue weighted by atomic mass is 9.94. The van der Waals surface area contributed by atoms with E-state index in [4.69, 9.17) is 29.0 Å². The molecule has 0 radical (unpaired) electrons. The third-order valence-corrected chi connectivity index (χ3v) is 12.0. The van der Waals surface area contributed by atoms with E-state index in [0.29, 0.717) is 37.5 Å². The Hall–Kier alpha value is -0.890. The average molecular weight is 739 g/mol. The van der Waals surface area contributed by atoms with Crippen LogP contribution in [0.1, 0.15) is 248 Å². The van der Waals surface area contributed by atoms with Gasteiger partial charge in [0.15, 0.2) is 0 Å². The molecule has 2 atom stereocenters. The summed E-state index contributed by atoms with van der Waals surface area (Å²) in [5.41, 5.74) is -0.935. The van der Waals surface area contributed by atoms with E-state index < -0.39 is 28.9 Å². The monoisotopic (exact) mass is 739 g/mol. The molecule has 0 N–H and O–H groups in total. The lowest BCUT2D eigenvalue weighted by molar-refractivity contribution is -0.474. The fourth-order valence-corrected chi connectivity index (χ4v) is 7.71. The Balaban J connectivity index is 2.37. The molecule has 2 fully saturated rings. The normalized spacial score (nSPS) is 22.5. The average Bonchev–Trinajstić information content (AvgIpc) is 3.09. The van der Waals surface area contributed by atoms with Crippen LogP contribution in [0.5, 0.6) is 0 Å². The summed E-state index contributed by atoms with van der Waals surface area (Å²) < 4.78 is 12.9. The van der Waals surface area contributed by atoms with Crippen molar-refractivity contribution in [1.82, 2.24) is 0 Å². The second-order valence-corrected chi connectivity index (χ2v) is 18.2. The molecule has 308 valence electrons. The third kappa shape index (κ3) is 20.1. The fourth-order valence-electron chi connectivity index (χ4n) is 7.71. The van der Waals surface area contributed by atoms with Gasteiger partial charge in [0.25, 0.3) is 0 Å². The minimum absolute atomic E-state index is 0.468. The maximum atomic E-state index is 14.3. The molecule has 2 aliphatic rings. The molecule has 0 aromatic rings. The van der Waals surface area contributed by atoms with Crippen LogP contribution in [0.4, 0.5) is 4.79 Å². The van der Waals surface area contributed by atoms with E-state index in [-0.39, 0.29) is 0 Å². The molecule has 0 saturated heterocycles. The van der Waals surface area contributed by atoms with E-state index in [1.807, 2.05) is 0 Å². The summed E-state index contributed by atoms with van der Waals surface area (Å²) in [6, 6.07) is 0. The second-order valence-electron chi connectivity index (χ2n) is 18.2. The van der Waals surface area contributed by atoms with Crippen molar-refractivity contribution in [1.29, 1.82) is 0 Å². The second kappa shape index (κ2) is 26.1. The van der Waals surface area contributed by atoms with Crippen molar-refractivity contribution in [2.24, 2.45) is 11.8 Å². The van der Waals surface area contributed by atoms with Gasteiger partial charge >= 0.3 is 6.16 Å². The molecule has 0 amide bonds. The van der Waals surface area contributed by atoms with Gasteiger partial charge < -0.3 is 9.47 Å². The highest BCUT2D eigenvalue weighted by Gasteiger charge is 2.44. The predicted molar refractivity (Wildman–Crippen MR) is 214 cm³/mol. The van der Waals surface area contributed by atoms with Crippen LogP contribution in [0.3, 0.4) is 0 Å². The molecule has 0 aromatic carbocycles. The van der Waals surface area contributed by atoms with E-state index in [1.54, 1.807) is 0 Å². The Morgan fingerprint density at radius 3 is 1.02 bits per heavy atom. The maximum Gasteiger partial charge on any atom is 0.513 e. The molecular formula is C45H86O7. The molecule has 0 bridgehead atoms. The van der Waals surface area contributed by atoms with Crippen LogP contribution < -0.4 is 0 Å². The van der Waals surface area contributed by atoms with Gasteiger partial charge in [-0.2, -0.15) is 9.78 Å². The van der Waals surface area contributed by atoms with Gasteiger partial charge in [-0.05, 0) is 77.0 Å². The molecule has 0 spiro atoms. The highest BCUT2D eigenvalue weighted by molar-refractivity contribution is 5.61. The quantitative estimate of drug-likeness (QED) is 0.0600. The Bertz CT molecular complexity index is 812. The third-order valence-electron chi connectivity index (χ3n) is 12.0. The molecule has 0 aromatic heterocycles. The van der Waals surface area contributed by atoms with Crippen molar-refractivity contribution >= 4 is 6.16 Å². The van der Waals surface area contributed by atoms with Crippen molar-refractivity contribution in [2.75, 3.05) is 0 Å². The zero-order valence-electron chi connectivity index (χ0n) is 35.7. The topological polar surface area (TPSA) is 72.5 Å². The highest BCUT2D eigenvalue weighted by atomic mass is 17.3. The summed E-state index contributed by atoms with van der Waals surface area (Å²) in [5, 5.41) is 0. The number of hydrogen-bond donors (Lipinski definition) is 0. The van der Waals surface area contributed by atoms with Gasteiger partial charge in [-0.25, -0.2) is 14.6 Å². The zero-order valence-corrected chi connectivity index (χ0v) is 35.7. The first-order valence-corrected chi connectivity index (χ1v) is 22.5. The Kier molecular flexibility index (Phi) is 23.7. The molecule has 2 rings (SSSR count). The summed E-state index contributed by atoms with van der Waals surface area (Å²) in [5.74, 6) is -1.15. The Labute approximate surface area is 321 Å². The van der Waals surface area contributed by atoms with Gasteiger partial charge in [0, 0.05) is 25.7 Å². The summed E-state index contributed by atoms with van der Waals surface area (Å²) in [6.45, 7) is 17.6. The molecule has 2 aliphatic carbocycles. The Morgan fingerprint density at radius 2 is 0.769 bits per heavy atom. The van der Waals surface area contributed by atoms with Crippen LogP contribution in [-0.2, 0) is 29.0 Å². The number of rotatable bonds is 18. The van der Waals surface area contributed by atoms with Crippen LogP contribution >= 0.6 is 0 Å². The number of carbonyl (C=O) groups is 1. The molecule has 7 heteroatoms. The van der Waals surface area contributed by atoms with Crippen molar-refractivity contribution in [3.63, 3.8) is 0 Å². The minimum atomic E-state index is -1.22. The lowest BCUT2D eigenvalue weighted by Crippen LogP contribution is -2.46. The highest BCUT2D eigenvalue weighted by Crippen LogP contribution is 2.38. The number of hydrogen-bond acceptors (Lipinski definition) is 7. The van der Waals surface area contributed by atoms with E-state index in [0.717, 1.165) is 103 Å². The maximum absolute atomic E-state index is 14.3. The fraction of sp³-hybridized carbons (Fsp3) is 0.978. The van der Waals surface area contributed by atoms with Gasteiger partial charge in [0.2, 0.25) is 11.6 Å². The molecule has 0 heterocycles. The van der Waals surface area contributed by atoms with Crippen LogP contribution in [0.25, 0.3) is 0 Å². The SMILES string of the molecule is CCC(C)(CCCC(C)C)OOC1(OC(=O)OC2(OOC(C)(CC)CCCC(C)C)CCCCCCCCCCC2)CCCCCCCCCCC1. The van der Waals surface area contributed by atoms with E-state index >= 15 is 0 Å². The zero-order chi connectivity index (χ0) is 38.2. The smallest absolute Gasteiger partial charge is 0.399 e. The lowest BCUT2D eigenvalue weighted by Gasteiger charge is -2.39. The molecule has 52 heavy (non-hydrogen) atoms. The Morgan fingerprint density at radius 1 is 0.500 bits per heavy atom. The first kappa shape index (κ1) is 47.3. The van der Waals surface area contributed by atoms with Crippen LogP contribution in [0, 0.1) is 11.8 Å². The summed E-state index contributed by atoms with van der Waals surface area (Å²) >= 11 is 0. The van der Waals surface area contributed by atoms with Gasteiger partial charge in [-0.3, -0.25) is 0 Å². The van der Waals surface area contributed by atoms with E-state index in [9.17, 15) is 4.79 Å². The minimum Gasteiger partial charge on any atom is -0.399 e. The van der Waals surface area contributed by atoms with Gasteiger partial charge in [-0.1, -0.05) is 157 Å². The van der Waals surface area contributed by atoms with E-state index in [2.05, 4.69) is 55.4 Å². The number of ether oxygens (including phenoxy) is 2. The van der Waals surface area contributed by atoms with Crippen molar-refractivity contribution in [3.8, 4) is 0 Å². The number of carbonyl (C=O) groups excluding carboxylic acids is 1. The molecule has 2 unspecified atom stereocenters. The molecule has 2 saturated carbocycles. The molecular weight excluding hydrogens is 652 g/mol. The summed E-state index contributed by atoms with van der Waals surface area (Å²) in [6.07, 6.45) is 29.7. The van der Waals surface area contributed by atoms with Gasteiger partial charge in [0.1, 0.15) is 11.2 Å². The predicted octanol–water partition coefficient (Wildman–Crippen LogP) is 15.0. The molecule has 7 nitrogen and oxygen atoms in total. The van der Waals surface area contributed by atoms with Crippen molar-refractivity contribution < 1.29 is 33.8 Å². The first-order chi connectivity index (χ1) is 24.9. The van der Waals surface area contributed by atoms with Crippen LogP contribution in [-0.4, -0.2) is 28.9 Å². The first-order valence-electron chi connectivity index (χ1n) is 22.5.